The average molecular weight is 499 g/mol. The molecule has 0 spiro atoms. The highest BCUT2D eigenvalue weighted by molar-refractivity contribution is 5.94. The molecule has 1 aromatic carbocycles. The molecule has 198 valence electrons. The van der Waals surface area contributed by atoms with Crippen molar-refractivity contribution in [1.29, 1.82) is 0 Å². The molecular weight excluding hydrogens is 456 g/mol. The van der Waals surface area contributed by atoms with Crippen molar-refractivity contribution in [3.63, 3.8) is 0 Å². The number of anilines is 1. The fraction of sp³-hybridized carbons (Fsp3) is 0.429. The molecule has 0 saturated carbocycles. The zero-order valence-electron chi connectivity index (χ0n) is 22.7. The van der Waals surface area contributed by atoms with Crippen LogP contribution in [0.3, 0.4) is 0 Å². The summed E-state index contributed by atoms with van der Waals surface area (Å²) in [6.45, 7) is 14.0. The number of allylic oxidation sites excluding steroid dienone is 6. The van der Waals surface area contributed by atoms with Crippen molar-refractivity contribution in [2.75, 3.05) is 32.3 Å². The van der Waals surface area contributed by atoms with Crippen LogP contribution in [0.15, 0.2) is 59.7 Å². The summed E-state index contributed by atoms with van der Waals surface area (Å²) in [5.41, 5.74) is 8.22. The first-order valence-electron chi connectivity index (χ1n) is 12.0. The van der Waals surface area contributed by atoms with Crippen LogP contribution in [-0.4, -0.2) is 50.0 Å². The molecule has 0 aliphatic heterocycles. The summed E-state index contributed by atoms with van der Waals surface area (Å²) in [7, 11) is 3.12. The van der Waals surface area contributed by atoms with E-state index in [-0.39, 0.29) is 24.1 Å². The molecule has 8 heteroatoms. The van der Waals surface area contributed by atoms with Crippen molar-refractivity contribution in [3.8, 4) is 11.5 Å². The Hall–Kier alpha value is -3.52. The lowest BCUT2D eigenvalue weighted by atomic mass is 10.0. The Morgan fingerprint density at radius 3 is 2.36 bits per heavy atom. The maximum Gasteiger partial charge on any atom is 0.201 e. The predicted molar refractivity (Wildman–Crippen MR) is 149 cm³/mol. The molecule has 36 heavy (non-hydrogen) atoms. The van der Waals surface area contributed by atoms with Crippen molar-refractivity contribution < 1.29 is 19.4 Å². The highest BCUT2D eigenvalue weighted by Gasteiger charge is 2.19. The van der Waals surface area contributed by atoms with Crippen LogP contribution < -0.4 is 20.1 Å². The summed E-state index contributed by atoms with van der Waals surface area (Å²) < 4.78 is 11.2. The molecule has 1 rings (SSSR count). The van der Waals surface area contributed by atoms with Gasteiger partial charge in [0.25, 0.3) is 0 Å². The zero-order valence-corrected chi connectivity index (χ0v) is 22.7. The molecule has 0 heterocycles. The van der Waals surface area contributed by atoms with Crippen molar-refractivity contribution in [2.24, 2.45) is 22.7 Å². The van der Waals surface area contributed by atoms with Crippen molar-refractivity contribution in [3.05, 3.63) is 60.2 Å². The van der Waals surface area contributed by atoms with E-state index in [2.05, 4.69) is 24.8 Å². The summed E-state index contributed by atoms with van der Waals surface area (Å²) in [4.78, 5) is 13.8. The summed E-state index contributed by atoms with van der Waals surface area (Å²) in [6, 6.07) is 3.60. The maximum absolute atomic E-state index is 12.2. The molecule has 0 amide bonds. The van der Waals surface area contributed by atoms with Crippen LogP contribution in [0.4, 0.5) is 5.69 Å². The SMILES string of the molecule is C=NN(/C=C(\C)c1cc(N(/C=C(/O)C(=O)C(C)C)CN)c(OC)cc1OC)CCC(C)/C=C\C=C/C. The predicted octanol–water partition coefficient (Wildman–Crippen LogP) is 5.49. The largest absolute Gasteiger partial charge is 0.503 e. The number of nitrogens with zero attached hydrogens (tertiary/aromatic N) is 3. The van der Waals surface area contributed by atoms with Gasteiger partial charge in [0.05, 0.1) is 32.8 Å². The van der Waals surface area contributed by atoms with Gasteiger partial charge in [-0.05, 0) is 37.8 Å². The fourth-order valence-electron chi connectivity index (χ4n) is 3.41. The molecule has 0 fully saturated rings. The first-order chi connectivity index (χ1) is 17.1. The second-order valence-electron chi connectivity index (χ2n) is 8.70. The number of rotatable bonds is 15. The topological polar surface area (TPSA) is 101 Å². The summed E-state index contributed by atoms with van der Waals surface area (Å²) >= 11 is 0. The molecule has 1 unspecified atom stereocenters. The number of aliphatic hydroxyl groups excluding tert-OH is 1. The minimum atomic E-state index is -0.375. The van der Waals surface area contributed by atoms with Gasteiger partial charge < -0.3 is 25.2 Å². The number of aliphatic hydroxyl groups is 1. The lowest BCUT2D eigenvalue weighted by Gasteiger charge is -2.24. The number of carbonyl (C=O) groups excluding carboxylic acids is 1. The number of hydrogen-bond acceptors (Lipinski definition) is 8. The van der Waals surface area contributed by atoms with Crippen molar-refractivity contribution >= 4 is 23.8 Å². The molecule has 3 N–H and O–H groups in total. The Morgan fingerprint density at radius 1 is 1.17 bits per heavy atom. The standard InChI is InChI=1S/C28H42N4O4/c1-9-10-11-12-21(4)13-14-32(30-6)17-22(5)23-15-24(27(36-8)16-26(23)35-7)31(19-29)18-25(33)28(34)20(2)3/h9-12,15-18,20-21,33H,6,13-14,19,29H2,1-5,7-8H3/b10-9-,12-11-,22-17+,25-18+. The van der Waals surface area contributed by atoms with Crippen LogP contribution in [0.25, 0.3) is 5.57 Å². The molecule has 0 bridgehead atoms. The van der Waals surface area contributed by atoms with Gasteiger partial charge in [-0.25, -0.2) is 0 Å². The Bertz CT molecular complexity index is 996. The normalized spacial score (nSPS) is 13.4. The molecule has 8 nitrogen and oxygen atoms in total. The molecule has 0 aliphatic rings. The second kappa shape index (κ2) is 15.5. The van der Waals surface area contributed by atoms with E-state index in [1.54, 1.807) is 36.9 Å². The van der Waals surface area contributed by atoms with Crippen LogP contribution in [0.1, 0.15) is 46.6 Å². The number of benzene rings is 1. The van der Waals surface area contributed by atoms with E-state index in [9.17, 15) is 9.90 Å². The van der Waals surface area contributed by atoms with E-state index in [0.29, 0.717) is 29.6 Å². The molecule has 1 aromatic rings. The molecular formula is C28H42N4O4. The Labute approximate surface area is 216 Å². The van der Waals surface area contributed by atoms with Gasteiger partial charge in [-0.2, -0.15) is 5.10 Å². The fourth-order valence-corrected chi connectivity index (χ4v) is 3.41. The molecule has 0 saturated heterocycles. The summed E-state index contributed by atoms with van der Waals surface area (Å²) in [6.07, 6.45) is 12.3. The van der Waals surface area contributed by atoms with Gasteiger partial charge in [-0.1, -0.05) is 45.1 Å². The lowest BCUT2D eigenvalue weighted by Crippen LogP contribution is -2.27. The Morgan fingerprint density at radius 2 is 1.83 bits per heavy atom. The first kappa shape index (κ1) is 30.5. The minimum Gasteiger partial charge on any atom is -0.503 e. The van der Waals surface area contributed by atoms with Crippen molar-refractivity contribution in [2.45, 2.75) is 41.0 Å². The number of nitrogens with two attached hydrogens (primary N) is 1. The first-order valence-corrected chi connectivity index (χ1v) is 12.0. The van der Waals surface area contributed by atoms with Crippen molar-refractivity contribution in [1.82, 2.24) is 5.01 Å². The zero-order chi connectivity index (χ0) is 27.3. The third-order valence-corrected chi connectivity index (χ3v) is 5.57. The quantitative estimate of drug-likeness (QED) is 0.0824. The van der Waals surface area contributed by atoms with E-state index < -0.39 is 0 Å². The second-order valence-corrected chi connectivity index (χ2v) is 8.70. The summed E-state index contributed by atoms with van der Waals surface area (Å²) in [5.74, 6) is 0.363. The maximum atomic E-state index is 12.2. The minimum absolute atomic E-state index is 0.0132. The van der Waals surface area contributed by atoms with Crippen LogP contribution in [0.2, 0.25) is 0 Å². The van der Waals surface area contributed by atoms with Gasteiger partial charge in [-0.15, -0.1) is 0 Å². The van der Waals surface area contributed by atoms with Gasteiger partial charge in [0.2, 0.25) is 5.78 Å². The van der Waals surface area contributed by atoms with Gasteiger partial charge in [-0.3, -0.25) is 9.80 Å². The van der Waals surface area contributed by atoms with Crippen LogP contribution in [-0.2, 0) is 4.79 Å². The van der Waals surface area contributed by atoms with Crippen LogP contribution in [0, 0.1) is 11.8 Å². The number of methoxy groups -OCH3 is 2. The number of Topliss-reactive ketones (excluding diaryl/α,β-unsaturated/α-hetero) is 1. The van der Waals surface area contributed by atoms with Gasteiger partial charge >= 0.3 is 0 Å². The lowest BCUT2D eigenvalue weighted by molar-refractivity contribution is -0.120. The van der Waals surface area contributed by atoms with Gasteiger partial charge in [0.1, 0.15) is 11.5 Å². The third kappa shape index (κ3) is 8.92. The highest BCUT2D eigenvalue weighted by Crippen LogP contribution is 2.38. The number of hydrazone groups is 1. The Kier molecular flexibility index (Phi) is 13.1. The van der Waals surface area contributed by atoms with Crippen LogP contribution >= 0.6 is 0 Å². The van der Waals surface area contributed by atoms with E-state index in [0.717, 1.165) is 17.6 Å². The number of ketones is 1. The third-order valence-electron chi connectivity index (χ3n) is 5.57. The molecule has 1 atom stereocenters. The molecule has 0 radical (unpaired) electrons. The van der Waals surface area contributed by atoms with E-state index in [4.69, 9.17) is 15.2 Å². The number of carbonyl (C=O) groups is 1. The monoisotopic (exact) mass is 498 g/mol. The number of hydrogen-bond donors (Lipinski definition) is 2. The molecule has 0 aliphatic carbocycles. The van der Waals surface area contributed by atoms with E-state index in [1.807, 2.05) is 44.3 Å². The summed E-state index contributed by atoms with van der Waals surface area (Å²) in [5, 5.41) is 16.3. The smallest absolute Gasteiger partial charge is 0.201 e. The highest BCUT2D eigenvalue weighted by atomic mass is 16.5. The van der Waals surface area contributed by atoms with E-state index in [1.165, 1.54) is 13.3 Å². The van der Waals surface area contributed by atoms with Crippen LogP contribution in [0.5, 0.6) is 11.5 Å². The van der Waals surface area contributed by atoms with Gasteiger partial charge in [0, 0.05) is 37.0 Å². The van der Waals surface area contributed by atoms with E-state index >= 15 is 0 Å². The Balaban J connectivity index is 3.38. The van der Waals surface area contributed by atoms with Gasteiger partial charge in [0.15, 0.2) is 5.76 Å². The molecule has 0 aromatic heterocycles. The number of ether oxygens (including phenoxy) is 2. The average Bonchev–Trinajstić information content (AvgIpc) is 2.87.